The molecule has 0 saturated heterocycles. The third kappa shape index (κ3) is 6.66. The number of hydrogen-bond donors (Lipinski definition) is 2. The van der Waals surface area contributed by atoms with Crippen LogP contribution in [0.5, 0.6) is 0 Å². The Balaban J connectivity index is 0. The summed E-state index contributed by atoms with van der Waals surface area (Å²) in [7, 11) is 1.24. The zero-order chi connectivity index (χ0) is 13.9. The standard InChI is InChI=1S/C11H22N2O4.ClH/c1-10(2,3)17-9(15)13-11(4,5)7(12)8(14)16-6;/h7H,12H2,1-6H3,(H,13,15);1H. The molecule has 0 fully saturated rings. The van der Waals surface area contributed by atoms with Crippen LogP contribution in [0.15, 0.2) is 0 Å². The molecule has 0 saturated carbocycles. The van der Waals surface area contributed by atoms with E-state index in [2.05, 4.69) is 10.1 Å². The van der Waals surface area contributed by atoms with E-state index in [9.17, 15) is 9.59 Å². The predicted molar refractivity (Wildman–Crippen MR) is 70.7 cm³/mol. The number of rotatable bonds is 3. The van der Waals surface area contributed by atoms with Gasteiger partial charge in [-0.25, -0.2) is 4.79 Å². The number of hydrogen-bond acceptors (Lipinski definition) is 5. The molecule has 0 radical (unpaired) electrons. The zero-order valence-electron chi connectivity index (χ0n) is 11.7. The monoisotopic (exact) mass is 282 g/mol. The number of nitrogens with one attached hydrogen (secondary N) is 1. The molecule has 18 heavy (non-hydrogen) atoms. The largest absolute Gasteiger partial charge is 0.468 e. The Morgan fingerprint density at radius 3 is 1.94 bits per heavy atom. The third-order valence-corrected chi connectivity index (χ3v) is 2.06. The third-order valence-electron chi connectivity index (χ3n) is 2.06. The van der Waals surface area contributed by atoms with Gasteiger partial charge in [-0.2, -0.15) is 0 Å². The molecule has 3 N–H and O–H groups in total. The fourth-order valence-corrected chi connectivity index (χ4v) is 1.07. The molecule has 0 bridgehead atoms. The van der Waals surface area contributed by atoms with Crippen LogP contribution in [0.4, 0.5) is 4.79 Å². The Bertz CT molecular complexity index is 300. The lowest BCUT2D eigenvalue weighted by Crippen LogP contribution is -2.60. The minimum Gasteiger partial charge on any atom is -0.468 e. The number of halogens is 1. The second-order valence-electron chi connectivity index (χ2n) is 5.35. The first-order valence-corrected chi connectivity index (χ1v) is 5.34. The van der Waals surface area contributed by atoms with Crippen LogP contribution in [0, 0.1) is 0 Å². The highest BCUT2D eigenvalue weighted by Crippen LogP contribution is 2.12. The maximum atomic E-state index is 11.5. The first kappa shape index (κ1) is 19.3. The molecule has 0 rings (SSSR count). The van der Waals surface area contributed by atoms with E-state index in [1.807, 2.05) is 0 Å². The maximum Gasteiger partial charge on any atom is 0.408 e. The normalized spacial score (nSPS) is 13.1. The maximum absolute atomic E-state index is 11.5. The molecule has 1 amide bonds. The highest BCUT2D eigenvalue weighted by atomic mass is 35.5. The molecule has 0 aliphatic heterocycles. The van der Waals surface area contributed by atoms with Gasteiger partial charge in [-0.1, -0.05) is 0 Å². The van der Waals surface area contributed by atoms with E-state index in [0.717, 1.165) is 0 Å². The highest BCUT2D eigenvalue weighted by Gasteiger charge is 2.35. The van der Waals surface area contributed by atoms with Gasteiger partial charge in [-0.15, -0.1) is 12.4 Å². The van der Waals surface area contributed by atoms with Gasteiger partial charge in [0.2, 0.25) is 0 Å². The number of ether oxygens (including phenoxy) is 2. The summed E-state index contributed by atoms with van der Waals surface area (Å²) in [4.78, 5) is 22.8. The molecule has 1 atom stereocenters. The van der Waals surface area contributed by atoms with Gasteiger partial charge in [0, 0.05) is 0 Å². The molecule has 0 aliphatic carbocycles. The summed E-state index contributed by atoms with van der Waals surface area (Å²) >= 11 is 0. The van der Waals surface area contributed by atoms with Crippen molar-refractivity contribution in [3.05, 3.63) is 0 Å². The van der Waals surface area contributed by atoms with E-state index < -0.39 is 29.2 Å². The summed E-state index contributed by atoms with van der Waals surface area (Å²) in [6, 6.07) is -0.958. The number of alkyl carbamates (subject to hydrolysis) is 1. The van der Waals surface area contributed by atoms with E-state index in [-0.39, 0.29) is 12.4 Å². The molecule has 6 nitrogen and oxygen atoms in total. The SMILES string of the molecule is COC(=O)C(N)C(C)(C)NC(=O)OC(C)(C)C.Cl. The van der Waals surface area contributed by atoms with Crippen molar-refractivity contribution in [1.29, 1.82) is 0 Å². The van der Waals surface area contributed by atoms with E-state index in [1.165, 1.54) is 7.11 Å². The highest BCUT2D eigenvalue weighted by molar-refractivity contribution is 5.85. The number of esters is 1. The first-order chi connectivity index (χ1) is 7.49. The van der Waals surface area contributed by atoms with Crippen molar-refractivity contribution in [2.45, 2.75) is 51.8 Å². The average Bonchev–Trinajstić information content (AvgIpc) is 2.11. The van der Waals surface area contributed by atoms with Crippen LogP contribution in [-0.2, 0) is 14.3 Å². The van der Waals surface area contributed by atoms with E-state index >= 15 is 0 Å². The molecule has 0 aromatic heterocycles. The molecular weight excluding hydrogens is 260 g/mol. The van der Waals surface area contributed by atoms with Crippen molar-refractivity contribution in [3.63, 3.8) is 0 Å². The fourth-order valence-electron chi connectivity index (χ4n) is 1.07. The molecular formula is C11H23ClN2O4. The second kappa shape index (κ2) is 6.80. The van der Waals surface area contributed by atoms with Gasteiger partial charge in [0.05, 0.1) is 12.6 Å². The van der Waals surface area contributed by atoms with E-state index in [4.69, 9.17) is 10.5 Å². The van der Waals surface area contributed by atoms with Gasteiger partial charge >= 0.3 is 12.1 Å². The van der Waals surface area contributed by atoms with Crippen LogP contribution in [-0.4, -0.2) is 36.4 Å². The minimum atomic E-state index is -0.958. The van der Waals surface area contributed by atoms with Crippen molar-refractivity contribution in [2.24, 2.45) is 5.73 Å². The van der Waals surface area contributed by atoms with Gasteiger partial charge < -0.3 is 20.5 Å². The van der Waals surface area contributed by atoms with Gasteiger partial charge in [0.1, 0.15) is 11.6 Å². The lowest BCUT2D eigenvalue weighted by molar-refractivity contribution is -0.143. The molecule has 0 heterocycles. The summed E-state index contributed by atoms with van der Waals surface area (Å²) in [5, 5.41) is 2.54. The Hall–Kier alpha value is -1.01. The molecule has 0 aromatic rings. The van der Waals surface area contributed by atoms with Gasteiger partial charge in [0.15, 0.2) is 0 Å². The smallest absolute Gasteiger partial charge is 0.408 e. The molecule has 0 aliphatic rings. The van der Waals surface area contributed by atoms with E-state index in [0.29, 0.717) is 0 Å². The molecule has 108 valence electrons. The van der Waals surface area contributed by atoms with Gasteiger partial charge in [-0.05, 0) is 34.6 Å². The molecule has 0 spiro atoms. The van der Waals surface area contributed by atoms with Crippen molar-refractivity contribution in [2.75, 3.05) is 7.11 Å². The van der Waals surface area contributed by atoms with Crippen LogP contribution < -0.4 is 11.1 Å². The lowest BCUT2D eigenvalue weighted by atomic mass is 9.95. The first-order valence-electron chi connectivity index (χ1n) is 5.34. The lowest BCUT2D eigenvalue weighted by Gasteiger charge is -2.31. The number of carbonyl (C=O) groups is 2. The Kier molecular flexibility index (Phi) is 7.30. The Morgan fingerprint density at radius 2 is 1.61 bits per heavy atom. The summed E-state index contributed by atoms with van der Waals surface area (Å²) in [6.07, 6.45) is -0.623. The number of methoxy groups -OCH3 is 1. The van der Waals surface area contributed by atoms with Crippen LogP contribution in [0.2, 0.25) is 0 Å². The Labute approximate surface area is 114 Å². The summed E-state index contributed by atoms with van der Waals surface area (Å²) in [6.45, 7) is 8.50. The zero-order valence-corrected chi connectivity index (χ0v) is 12.5. The van der Waals surface area contributed by atoms with Crippen LogP contribution >= 0.6 is 12.4 Å². The average molecular weight is 283 g/mol. The van der Waals surface area contributed by atoms with Gasteiger partial charge in [0.25, 0.3) is 0 Å². The quantitative estimate of drug-likeness (QED) is 0.759. The van der Waals surface area contributed by atoms with Crippen LogP contribution in [0.1, 0.15) is 34.6 Å². The number of nitrogens with two attached hydrogens (primary N) is 1. The van der Waals surface area contributed by atoms with Crippen molar-refractivity contribution >= 4 is 24.5 Å². The summed E-state index contributed by atoms with van der Waals surface area (Å²) in [5.41, 5.74) is 4.12. The number of amides is 1. The fraction of sp³-hybridized carbons (Fsp3) is 0.818. The van der Waals surface area contributed by atoms with Crippen molar-refractivity contribution < 1.29 is 19.1 Å². The molecule has 1 unspecified atom stereocenters. The van der Waals surface area contributed by atoms with Crippen molar-refractivity contribution in [3.8, 4) is 0 Å². The second-order valence-corrected chi connectivity index (χ2v) is 5.35. The molecule has 7 heteroatoms. The number of carbonyl (C=O) groups excluding carboxylic acids is 2. The van der Waals surface area contributed by atoms with Crippen LogP contribution in [0.3, 0.4) is 0 Å². The molecule has 0 aromatic carbocycles. The minimum absolute atomic E-state index is 0. The topological polar surface area (TPSA) is 90.6 Å². The predicted octanol–water partition coefficient (Wildman–Crippen LogP) is 1.21. The Morgan fingerprint density at radius 1 is 1.17 bits per heavy atom. The van der Waals surface area contributed by atoms with Crippen LogP contribution in [0.25, 0.3) is 0 Å². The van der Waals surface area contributed by atoms with Gasteiger partial charge in [-0.3, -0.25) is 4.79 Å². The van der Waals surface area contributed by atoms with E-state index in [1.54, 1.807) is 34.6 Å². The summed E-state index contributed by atoms with van der Waals surface area (Å²) in [5.74, 6) is -0.592. The summed E-state index contributed by atoms with van der Waals surface area (Å²) < 4.78 is 9.60. The van der Waals surface area contributed by atoms with Crippen molar-refractivity contribution in [1.82, 2.24) is 5.32 Å².